The summed E-state index contributed by atoms with van der Waals surface area (Å²) in [6, 6.07) is 2.99. The van der Waals surface area contributed by atoms with Crippen LogP contribution in [-0.2, 0) is 21.3 Å². The van der Waals surface area contributed by atoms with Crippen LogP contribution in [0.5, 0.6) is 0 Å². The van der Waals surface area contributed by atoms with Gasteiger partial charge in [0.15, 0.2) is 0 Å². The van der Waals surface area contributed by atoms with Crippen LogP contribution in [0, 0.1) is 0 Å². The lowest BCUT2D eigenvalue weighted by molar-refractivity contribution is 0.189. The number of halogens is 2. The molecule has 120 valence electrons. The van der Waals surface area contributed by atoms with E-state index in [1.807, 2.05) is 0 Å². The van der Waals surface area contributed by atoms with Gasteiger partial charge < -0.3 is 10.1 Å². The summed E-state index contributed by atoms with van der Waals surface area (Å²) in [4.78, 5) is 0.0683. The first-order valence-corrected chi connectivity index (χ1v) is 8.62. The third kappa shape index (κ3) is 4.55. The van der Waals surface area contributed by atoms with Crippen molar-refractivity contribution in [1.82, 2.24) is 9.62 Å². The Morgan fingerprint density at radius 3 is 2.57 bits per heavy atom. The van der Waals surface area contributed by atoms with Crippen molar-refractivity contribution in [2.75, 3.05) is 34.4 Å². The van der Waals surface area contributed by atoms with Crippen molar-refractivity contribution in [2.45, 2.75) is 17.9 Å². The summed E-state index contributed by atoms with van der Waals surface area (Å²) in [7, 11) is 1.19. The molecular weight excluding hydrogens is 335 g/mol. The molecule has 1 aromatic carbocycles. The molecule has 0 amide bonds. The van der Waals surface area contributed by atoms with Gasteiger partial charge in [-0.05, 0) is 25.6 Å². The van der Waals surface area contributed by atoms with E-state index in [2.05, 4.69) is 5.32 Å². The SMILES string of the molecule is CNCc1c(Cl)ccc(S(=O)(=O)N(C)CCCOC)c1Cl. The van der Waals surface area contributed by atoms with Gasteiger partial charge in [0.1, 0.15) is 4.90 Å². The second kappa shape index (κ2) is 8.31. The average molecular weight is 355 g/mol. The standard InChI is InChI=1S/C13H20Cl2N2O3S/c1-16-9-10-11(14)5-6-12(13(10)15)21(18,19)17(2)7-4-8-20-3/h5-6,16H,4,7-9H2,1-3H3. The zero-order valence-electron chi connectivity index (χ0n) is 12.3. The molecular formula is C13H20Cl2N2O3S. The Labute approximate surface area is 136 Å². The summed E-state index contributed by atoms with van der Waals surface area (Å²) < 4.78 is 31.3. The van der Waals surface area contributed by atoms with E-state index in [1.165, 1.54) is 17.4 Å². The highest BCUT2D eigenvalue weighted by atomic mass is 35.5. The number of benzene rings is 1. The fourth-order valence-corrected chi connectivity index (χ4v) is 3.93. The minimum Gasteiger partial charge on any atom is -0.385 e. The summed E-state index contributed by atoms with van der Waals surface area (Å²) in [5.41, 5.74) is 0.576. The molecule has 0 aliphatic carbocycles. The van der Waals surface area contributed by atoms with E-state index < -0.39 is 10.0 Å². The van der Waals surface area contributed by atoms with Gasteiger partial charge in [-0.25, -0.2) is 12.7 Å². The maximum atomic E-state index is 12.6. The van der Waals surface area contributed by atoms with Gasteiger partial charge in [0, 0.05) is 44.4 Å². The third-order valence-electron chi connectivity index (χ3n) is 3.01. The van der Waals surface area contributed by atoms with Crippen LogP contribution in [0.25, 0.3) is 0 Å². The second-order valence-corrected chi connectivity index (χ2v) is 7.34. The van der Waals surface area contributed by atoms with Crippen LogP contribution >= 0.6 is 23.2 Å². The highest BCUT2D eigenvalue weighted by Gasteiger charge is 2.25. The lowest BCUT2D eigenvalue weighted by Gasteiger charge is -2.19. The molecule has 0 atom stereocenters. The van der Waals surface area contributed by atoms with E-state index in [-0.39, 0.29) is 9.92 Å². The molecule has 21 heavy (non-hydrogen) atoms. The smallest absolute Gasteiger partial charge is 0.244 e. The Morgan fingerprint density at radius 1 is 1.33 bits per heavy atom. The van der Waals surface area contributed by atoms with Crippen molar-refractivity contribution in [2.24, 2.45) is 0 Å². The number of methoxy groups -OCH3 is 1. The molecule has 0 saturated heterocycles. The summed E-state index contributed by atoms with van der Waals surface area (Å²) in [5, 5.41) is 3.52. The van der Waals surface area contributed by atoms with Crippen molar-refractivity contribution in [3.63, 3.8) is 0 Å². The van der Waals surface area contributed by atoms with Crippen molar-refractivity contribution >= 4 is 33.2 Å². The van der Waals surface area contributed by atoms with Crippen LogP contribution in [0.1, 0.15) is 12.0 Å². The number of nitrogens with zero attached hydrogens (tertiary/aromatic N) is 1. The van der Waals surface area contributed by atoms with Crippen molar-refractivity contribution in [1.29, 1.82) is 0 Å². The number of rotatable bonds is 8. The summed E-state index contributed by atoms with van der Waals surface area (Å²) in [6.07, 6.45) is 0.612. The molecule has 0 bridgehead atoms. The molecule has 1 aromatic rings. The van der Waals surface area contributed by atoms with Gasteiger partial charge in [0.25, 0.3) is 0 Å². The van der Waals surface area contributed by atoms with Gasteiger partial charge in [0.2, 0.25) is 10.0 Å². The van der Waals surface area contributed by atoms with Crippen LogP contribution in [-0.4, -0.2) is 47.1 Å². The van der Waals surface area contributed by atoms with Gasteiger partial charge in [-0.3, -0.25) is 0 Å². The minimum absolute atomic E-state index is 0.0683. The fraction of sp³-hybridized carbons (Fsp3) is 0.538. The number of sulfonamides is 1. The van der Waals surface area contributed by atoms with Gasteiger partial charge in [-0.2, -0.15) is 0 Å². The highest BCUT2D eigenvalue weighted by molar-refractivity contribution is 7.89. The van der Waals surface area contributed by atoms with Crippen molar-refractivity contribution < 1.29 is 13.2 Å². The lowest BCUT2D eigenvalue weighted by atomic mass is 10.2. The molecule has 0 saturated carbocycles. The zero-order chi connectivity index (χ0) is 16.0. The van der Waals surface area contributed by atoms with E-state index >= 15 is 0 Å². The Morgan fingerprint density at radius 2 is 2.00 bits per heavy atom. The molecule has 0 aliphatic heterocycles. The third-order valence-corrected chi connectivity index (χ3v) is 5.81. The molecule has 0 heterocycles. The Kier molecular flexibility index (Phi) is 7.39. The molecule has 1 N–H and O–H groups in total. The van der Waals surface area contributed by atoms with E-state index in [4.69, 9.17) is 27.9 Å². The Bertz CT molecular complexity index is 579. The Hall–Kier alpha value is -0.370. The number of hydrogen-bond donors (Lipinski definition) is 1. The average Bonchev–Trinajstić information content (AvgIpc) is 2.43. The Balaban J connectivity index is 3.11. The van der Waals surface area contributed by atoms with E-state index in [0.717, 1.165) is 0 Å². The molecule has 0 aromatic heterocycles. The summed E-state index contributed by atoms with van der Waals surface area (Å²) in [5.74, 6) is 0. The molecule has 0 spiro atoms. The van der Waals surface area contributed by atoms with Crippen molar-refractivity contribution in [3.05, 3.63) is 27.7 Å². The highest BCUT2D eigenvalue weighted by Crippen LogP contribution is 2.32. The zero-order valence-corrected chi connectivity index (χ0v) is 14.6. The molecule has 0 radical (unpaired) electrons. The van der Waals surface area contributed by atoms with Gasteiger partial charge in [0.05, 0.1) is 5.02 Å². The first-order valence-electron chi connectivity index (χ1n) is 6.43. The number of hydrogen-bond acceptors (Lipinski definition) is 4. The van der Waals surface area contributed by atoms with E-state index in [1.54, 1.807) is 20.2 Å². The van der Waals surface area contributed by atoms with Crippen LogP contribution in [0.4, 0.5) is 0 Å². The predicted octanol–water partition coefficient (Wildman–Crippen LogP) is 2.37. The number of ether oxygens (including phenoxy) is 1. The van der Waals surface area contributed by atoms with Gasteiger partial charge >= 0.3 is 0 Å². The maximum Gasteiger partial charge on any atom is 0.244 e. The van der Waals surface area contributed by atoms with Crippen LogP contribution < -0.4 is 5.32 Å². The molecule has 1 rings (SSSR count). The molecule has 5 nitrogen and oxygen atoms in total. The quantitative estimate of drug-likeness (QED) is 0.728. The van der Waals surface area contributed by atoms with E-state index in [0.29, 0.717) is 36.7 Å². The molecule has 0 unspecified atom stereocenters. The largest absolute Gasteiger partial charge is 0.385 e. The second-order valence-electron chi connectivity index (χ2n) is 4.54. The first kappa shape index (κ1) is 18.7. The van der Waals surface area contributed by atoms with Gasteiger partial charge in [-0.1, -0.05) is 23.2 Å². The van der Waals surface area contributed by atoms with Crippen LogP contribution in [0.2, 0.25) is 10.0 Å². The molecule has 0 aliphatic rings. The molecule has 0 fully saturated rings. The normalized spacial score (nSPS) is 12.1. The lowest BCUT2D eigenvalue weighted by Crippen LogP contribution is -2.29. The number of nitrogens with one attached hydrogen (secondary N) is 1. The monoisotopic (exact) mass is 354 g/mol. The maximum absolute atomic E-state index is 12.6. The topological polar surface area (TPSA) is 58.6 Å². The molecule has 8 heteroatoms. The van der Waals surface area contributed by atoms with Crippen LogP contribution in [0.15, 0.2) is 17.0 Å². The first-order chi connectivity index (χ1) is 9.86. The van der Waals surface area contributed by atoms with E-state index in [9.17, 15) is 8.42 Å². The predicted molar refractivity (Wildman–Crippen MR) is 85.5 cm³/mol. The fourth-order valence-electron chi connectivity index (χ4n) is 1.83. The summed E-state index contributed by atoms with van der Waals surface area (Å²) in [6.45, 7) is 1.25. The minimum atomic E-state index is -3.65. The van der Waals surface area contributed by atoms with Crippen molar-refractivity contribution in [3.8, 4) is 0 Å². The summed E-state index contributed by atoms with van der Waals surface area (Å²) >= 11 is 12.3. The van der Waals surface area contributed by atoms with Crippen LogP contribution in [0.3, 0.4) is 0 Å². The van der Waals surface area contributed by atoms with Gasteiger partial charge in [-0.15, -0.1) is 0 Å².